The smallest absolute Gasteiger partial charge is 0.316 e. The average molecular weight is 335 g/mol. The highest BCUT2D eigenvalue weighted by Gasteiger charge is 2.08. The first-order valence-corrected chi connectivity index (χ1v) is 8.79. The van der Waals surface area contributed by atoms with E-state index >= 15 is 0 Å². The van der Waals surface area contributed by atoms with Gasteiger partial charge < -0.3 is 10.1 Å². The van der Waals surface area contributed by atoms with Crippen molar-refractivity contribution in [1.82, 2.24) is 0 Å². The Morgan fingerprint density at radius 3 is 2.86 bits per heavy atom. The van der Waals surface area contributed by atoms with Gasteiger partial charge in [0.05, 0.1) is 5.75 Å². The molecule has 4 nitrogen and oxygen atoms in total. The number of amides is 1. The van der Waals surface area contributed by atoms with Gasteiger partial charge >= 0.3 is 5.97 Å². The monoisotopic (exact) mass is 335 g/mol. The number of aryl methyl sites for hydroxylation is 1. The minimum Gasteiger partial charge on any atom is -0.455 e. The van der Waals surface area contributed by atoms with E-state index in [1.165, 1.54) is 16.6 Å². The number of rotatable bonds is 7. The number of thiophene rings is 1. The Morgan fingerprint density at radius 2 is 2.14 bits per heavy atom. The van der Waals surface area contributed by atoms with Crippen molar-refractivity contribution in [3.05, 3.63) is 52.2 Å². The molecule has 116 valence electrons. The fraction of sp³-hybridized carbons (Fsp3) is 0.250. The lowest BCUT2D eigenvalue weighted by molar-refractivity contribution is -0.144. The highest BCUT2D eigenvalue weighted by atomic mass is 32.2. The van der Waals surface area contributed by atoms with Gasteiger partial charge in [-0.05, 0) is 36.1 Å². The highest BCUT2D eigenvalue weighted by molar-refractivity contribution is 7.99. The number of hydrogen-bond acceptors (Lipinski definition) is 5. The van der Waals surface area contributed by atoms with E-state index < -0.39 is 0 Å². The number of hydrogen-bond donors (Lipinski definition) is 1. The van der Waals surface area contributed by atoms with Gasteiger partial charge in [0, 0.05) is 16.3 Å². The van der Waals surface area contributed by atoms with E-state index in [1.54, 1.807) is 17.4 Å². The molecule has 0 unspecified atom stereocenters. The van der Waals surface area contributed by atoms with Gasteiger partial charge in [0.25, 0.3) is 5.91 Å². The molecule has 1 N–H and O–H groups in total. The lowest BCUT2D eigenvalue weighted by Crippen LogP contribution is -2.21. The normalized spacial score (nSPS) is 10.2. The predicted molar refractivity (Wildman–Crippen MR) is 91.2 cm³/mol. The molecular weight excluding hydrogens is 318 g/mol. The number of thioether (sulfide) groups is 1. The van der Waals surface area contributed by atoms with Gasteiger partial charge in [-0.25, -0.2) is 0 Å². The lowest BCUT2D eigenvalue weighted by atomic mass is 10.2. The maximum atomic E-state index is 11.7. The Bertz CT molecular complexity index is 626. The maximum Gasteiger partial charge on any atom is 0.316 e. The van der Waals surface area contributed by atoms with Gasteiger partial charge in [-0.3, -0.25) is 9.59 Å². The lowest BCUT2D eigenvalue weighted by Gasteiger charge is -2.07. The summed E-state index contributed by atoms with van der Waals surface area (Å²) < 4.78 is 4.96. The first kappa shape index (κ1) is 16.6. The number of ether oxygens (including phenoxy) is 1. The van der Waals surface area contributed by atoms with Crippen LogP contribution in [0.25, 0.3) is 0 Å². The van der Waals surface area contributed by atoms with Crippen molar-refractivity contribution >= 4 is 40.7 Å². The van der Waals surface area contributed by atoms with Crippen LogP contribution < -0.4 is 5.32 Å². The second-order valence-corrected chi connectivity index (χ2v) is 6.67. The van der Waals surface area contributed by atoms with Crippen LogP contribution in [0.1, 0.15) is 10.4 Å². The van der Waals surface area contributed by atoms with Crippen LogP contribution in [-0.2, 0) is 20.1 Å². The number of carbonyl (C=O) groups excluding carboxylic acids is 2. The van der Waals surface area contributed by atoms with Gasteiger partial charge in [0.15, 0.2) is 6.61 Å². The quantitative estimate of drug-likeness (QED) is 0.787. The molecule has 1 heterocycles. The average Bonchev–Trinajstić information content (AvgIpc) is 2.98. The molecule has 1 aromatic carbocycles. The second kappa shape index (κ2) is 8.60. The Hall–Kier alpha value is -1.79. The van der Waals surface area contributed by atoms with Crippen molar-refractivity contribution in [1.29, 1.82) is 0 Å². The van der Waals surface area contributed by atoms with E-state index in [0.717, 1.165) is 11.3 Å². The van der Waals surface area contributed by atoms with Crippen LogP contribution in [0.15, 0.2) is 41.8 Å². The summed E-state index contributed by atoms with van der Waals surface area (Å²) in [7, 11) is 0. The molecule has 0 aliphatic rings. The fourth-order valence-electron chi connectivity index (χ4n) is 1.74. The van der Waals surface area contributed by atoms with E-state index in [2.05, 4.69) is 5.32 Å². The van der Waals surface area contributed by atoms with Crippen molar-refractivity contribution in [2.75, 3.05) is 17.7 Å². The molecule has 22 heavy (non-hydrogen) atoms. The van der Waals surface area contributed by atoms with Gasteiger partial charge in [-0.2, -0.15) is 0 Å². The van der Waals surface area contributed by atoms with E-state index in [0.29, 0.717) is 5.69 Å². The van der Waals surface area contributed by atoms with Crippen LogP contribution in [0.3, 0.4) is 0 Å². The zero-order chi connectivity index (χ0) is 15.8. The van der Waals surface area contributed by atoms with E-state index in [9.17, 15) is 9.59 Å². The number of esters is 1. The molecule has 0 spiro atoms. The number of nitrogens with one attached hydrogen (secondary N) is 1. The van der Waals surface area contributed by atoms with Crippen molar-refractivity contribution in [3.63, 3.8) is 0 Å². The molecule has 0 bridgehead atoms. The van der Waals surface area contributed by atoms with Crippen LogP contribution in [0, 0.1) is 6.92 Å². The number of carbonyl (C=O) groups is 2. The van der Waals surface area contributed by atoms with Crippen LogP contribution in [0.4, 0.5) is 5.69 Å². The Kier molecular flexibility index (Phi) is 6.48. The molecular formula is C16H17NO3S2. The van der Waals surface area contributed by atoms with E-state index in [-0.39, 0.29) is 24.2 Å². The zero-order valence-electron chi connectivity index (χ0n) is 12.2. The van der Waals surface area contributed by atoms with Crippen molar-refractivity contribution in [2.24, 2.45) is 0 Å². The molecule has 0 aliphatic heterocycles. The highest BCUT2D eigenvalue weighted by Crippen LogP contribution is 2.17. The second-order valence-electron chi connectivity index (χ2n) is 4.65. The molecule has 0 saturated heterocycles. The summed E-state index contributed by atoms with van der Waals surface area (Å²) in [5.41, 5.74) is 1.76. The van der Waals surface area contributed by atoms with E-state index in [1.807, 2.05) is 42.6 Å². The molecule has 1 aromatic heterocycles. The minimum absolute atomic E-state index is 0.246. The van der Waals surface area contributed by atoms with Crippen LogP contribution in [0.5, 0.6) is 0 Å². The van der Waals surface area contributed by atoms with E-state index in [4.69, 9.17) is 4.74 Å². The number of benzene rings is 1. The van der Waals surface area contributed by atoms with Crippen LogP contribution in [0.2, 0.25) is 0 Å². The van der Waals surface area contributed by atoms with Crippen molar-refractivity contribution < 1.29 is 14.3 Å². The first-order valence-electron chi connectivity index (χ1n) is 6.76. The minimum atomic E-state index is -0.374. The summed E-state index contributed by atoms with van der Waals surface area (Å²) in [6.07, 6.45) is 0. The Morgan fingerprint density at radius 1 is 1.27 bits per heavy atom. The number of anilines is 1. The summed E-state index contributed by atoms with van der Waals surface area (Å²) in [5, 5.41) is 4.70. The van der Waals surface area contributed by atoms with Gasteiger partial charge in [0.2, 0.25) is 0 Å². The third kappa shape index (κ3) is 5.91. The molecule has 2 rings (SSSR count). The van der Waals surface area contributed by atoms with Crippen molar-refractivity contribution in [2.45, 2.75) is 12.7 Å². The van der Waals surface area contributed by atoms with Gasteiger partial charge in [-0.15, -0.1) is 23.1 Å². The van der Waals surface area contributed by atoms with Gasteiger partial charge in [0.1, 0.15) is 0 Å². The largest absolute Gasteiger partial charge is 0.455 e. The summed E-state index contributed by atoms with van der Waals surface area (Å²) >= 11 is 3.14. The molecule has 0 saturated carbocycles. The summed E-state index contributed by atoms with van der Waals surface area (Å²) in [6.45, 7) is 1.69. The molecule has 0 atom stereocenters. The topological polar surface area (TPSA) is 55.4 Å². The summed E-state index contributed by atoms with van der Waals surface area (Å²) in [4.78, 5) is 24.5. The fourth-order valence-corrected chi connectivity index (χ4v) is 3.40. The molecule has 1 amide bonds. The molecule has 0 fully saturated rings. The molecule has 0 radical (unpaired) electrons. The van der Waals surface area contributed by atoms with Gasteiger partial charge in [-0.1, -0.05) is 18.2 Å². The van der Waals surface area contributed by atoms with Crippen molar-refractivity contribution in [3.8, 4) is 0 Å². The summed E-state index contributed by atoms with van der Waals surface area (Å²) in [6, 6.07) is 11.5. The Balaban J connectivity index is 1.64. The zero-order valence-corrected chi connectivity index (χ0v) is 13.8. The molecule has 2 aromatic rings. The molecule has 6 heteroatoms. The van der Waals surface area contributed by atoms with Crippen LogP contribution in [-0.4, -0.2) is 24.2 Å². The third-order valence-electron chi connectivity index (χ3n) is 2.71. The molecule has 0 aliphatic carbocycles. The van der Waals surface area contributed by atoms with Crippen LogP contribution >= 0.6 is 23.1 Å². The SMILES string of the molecule is Cc1cccc(NC(=O)COC(=O)CSCc2cccs2)c1. The summed E-state index contributed by atoms with van der Waals surface area (Å²) in [5.74, 6) is 0.320. The Labute approximate surface area is 137 Å². The first-order chi connectivity index (χ1) is 10.6. The third-order valence-corrected chi connectivity index (χ3v) is 4.72. The maximum absolute atomic E-state index is 11.7. The standard InChI is InChI=1S/C16H17NO3S2/c1-12-4-2-5-13(8-12)17-15(18)9-20-16(19)11-21-10-14-6-3-7-22-14/h2-8H,9-11H2,1H3,(H,17,18). The predicted octanol–water partition coefficient (Wildman–Crippen LogP) is 3.47.